The molecule has 0 unspecified atom stereocenters. The SMILES string of the molecule is CC1(C)OB(c2ccc(O[C@@H]3CCN(C(=O)O)C3)cc2)OC1(C)C. The lowest BCUT2D eigenvalue weighted by Gasteiger charge is -2.32. The quantitative estimate of drug-likeness (QED) is 0.858. The van der Waals surface area contributed by atoms with Gasteiger partial charge in [-0.3, -0.25) is 0 Å². The van der Waals surface area contributed by atoms with E-state index in [1.54, 1.807) is 0 Å². The number of ether oxygens (including phenoxy) is 1. The molecule has 130 valence electrons. The summed E-state index contributed by atoms with van der Waals surface area (Å²) in [6, 6.07) is 7.62. The Kier molecular flexibility index (Phi) is 4.26. The van der Waals surface area contributed by atoms with Gasteiger partial charge in [-0.25, -0.2) is 4.79 Å². The highest BCUT2D eigenvalue weighted by atomic mass is 16.7. The lowest BCUT2D eigenvalue weighted by Crippen LogP contribution is -2.41. The van der Waals surface area contributed by atoms with Crippen LogP contribution in [0.4, 0.5) is 4.79 Å². The zero-order valence-electron chi connectivity index (χ0n) is 14.6. The molecule has 2 heterocycles. The first kappa shape index (κ1) is 17.1. The monoisotopic (exact) mass is 333 g/mol. The van der Waals surface area contributed by atoms with Crippen LogP contribution in [0.25, 0.3) is 0 Å². The second-order valence-corrected chi connectivity index (χ2v) is 7.41. The second-order valence-electron chi connectivity index (χ2n) is 7.41. The summed E-state index contributed by atoms with van der Waals surface area (Å²) in [6.45, 7) is 9.04. The zero-order valence-corrected chi connectivity index (χ0v) is 14.6. The lowest BCUT2D eigenvalue weighted by molar-refractivity contribution is 0.00578. The van der Waals surface area contributed by atoms with E-state index in [4.69, 9.17) is 19.2 Å². The Hall–Kier alpha value is -1.73. The van der Waals surface area contributed by atoms with Crippen LogP contribution in [-0.2, 0) is 9.31 Å². The van der Waals surface area contributed by atoms with Gasteiger partial charge in [0.2, 0.25) is 0 Å². The maximum absolute atomic E-state index is 10.9. The van der Waals surface area contributed by atoms with E-state index in [1.165, 1.54) is 4.90 Å². The Morgan fingerprint density at radius 3 is 2.29 bits per heavy atom. The van der Waals surface area contributed by atoms with Gasteiger partial charge in [-0.15, -0.1) is 0 Å². The topological polar surface area (TPSA) is 68.2 Å². The average molecular weight is 333 g/mol. The molecule has 1 atom stereocenters. The number of carbonyl (C=O) groups is 1. The molecule has 1 N–H and O–H groups in total. The first-order chi connectivity index (χ1) is 11.2. The summed E-state index contributed by atoms with van der Waals surface area (Å²) >= 11 is 0. The van der Waals surface area contributed by atoms with Crippen LogP contribution in [0.15, 0.2) is 24.3 Å². The zero-order chi connectivity index (χ0) is 17.5. The van der Waals surface area contributed by atoms with E-state index in [0.29, 0.717) is 19.5 Å². The smallest absolute Gasteiger partial charge is 0.489 e. The Labute approximate surface area is 142 Å². The van der Waals surface area contributed by atoms with Crippen molar-refractivity contribution in [2.45, 2.75) is 51.4 Å². The van der Waals surface area contributed by atoms with E-state index in [9.17, 15) is 4.79 Å². The maximum Gasteiger partial charge on any atom is 0.494 e. The van der Waals surface area contributed by atoms with Crippen molar-refractivity contribution in [1.29, 1.82) is 0 Å². The molecule has 2 saturated heterocycles. The molecule has 2 aliphatic rings. The van der Waals surface area contributed by atoms with E-state index in [2.05, 4.69) is 0 Å². The van der Waals surface area contributed by atoms with Crippen molar-refractivity contribution in [3.8, 4) is 5.75 Å². The molecule has 0 spiro atoms. The third-order valence-electron chi connectivity index (χ3n) is 5.12. The Balaban J connectivity index is 1.62. The van der Waals surface area contributed by atoms with Gasteiger partial charge in [0.05, 0.1) is 17.7 Å². The van der Waals surface area contributed by atoms with Crippen LogP contribution in [0.3, 0.4) is 0 Å². The number of carboxylic acid groups (broad SMARTS) is 1. The molecule has 0 aromatic heterocycles. The van der Waals surface area contributed by atoms with Crippen LogP contribution in [-0.4, -0.2) is 53.6 Å². The standard InChI is InChI=1S/C17H24BNO5/c1-16(2)17(3,4)24-18(23-16)12-5-7-13(8-6-12)22-14-9-10-19(11-14)15(20)21/h5-8,14H,9-11H2,1-4H3,(H,20,21)/t14-/m1/s1. The first-order valence-corrected chi connectivity index (χ1v) is 8.28. The summed E-state index contributed by atoms with van der Waals surface area (Å²) in [7, 11) is -0.391. The van der Waals surface area contributed by atoms with Crippen LogP contribution >= 0.6 is 0 Å². The minimum absolute atomic E-state index is 0.0937. The van der Waals surface area contributed by atoms with Gasteiger partial charge in [-0.2, -0.15) is 0 Å². The molecule has 0 aliphatic carbocycles. The van der Waals surface area contributed by atoms with Crippen LogP contribution in [0.2, 0.25) is 0 Å². The predicted molar refractivity (Wildman–Crippen MR) is 90.8 cm³/mol. The summed E-state index contributed by atoms with van der Waals surface area (Å²) in [5, 5.41) is 8.98. The van der Waals surface area contributed by atoms with Crippen molar-refractivity contribution in [3.05, 3.63) is 24.3 Å². The molecular formula is C17H24BNO5. The van der Waals surface area contributed by atoms with Crippen molar-refractivity contribution in [2.24, 2.45) is 0 Å². The number of rotatable bonds is 3. The highest BCUT2D eigenvalue weighted by molar-refractivity contribution is 6.62. The predicted octanol–water partition coefficient (Wildman–Crippen LogP) is 2.12. The van der Waals surface area contributed by atoms with Gasteiger partial charge in [0, 0.05) is 13.0 Å². The molecule has 24 heavy (non-hydrogen) atoms. The maximum atomic E-state index is 10.9. The van der Waals surface area contributed by atoms with Crippen LogP contribution < -0.4 is 10.2 Å². The fraction of sp³-hybridized carbons (Fsp3) is 0.588. The molecule has 0 saturated carbocycles. The summed E-state index contributed by atoms with van der Waals surface area (Å²) < 4.78 is 17.9. The summed E-state index contributed by atoms with van der Waals surface area (Å²) in [6.07, 6.45) is -0.272. The number of hydrogen-bond donors (Lipinski definition) is 1. The number of likely N-dealkylation sites (tertiary alicyclic amines) is 1. The van der Waals surface area contributed by atoms with Gasteiger partial charge in [-0.1, -0.05) is 12.1 Å². The van der Waals surface area contributed by atoms with Crippen molar-refractivity contribution >= 4 is 18.7 Å². The minimum Gasteiger partial charge on any atom is -0.489 e. The van der Waals surface area contributed by atoms with Crippen LogP contribution in [0, 0.1) is 0 Å². The third kappa shape index (κ3) is 3.23. The van der Waals surface area contributed by atoms with Crippen molar-refractivity contribution in [2.75, 3.05) is 13.1 Å². The third-order valence-corrected chi connectivity index (χ3v) is 5.12. The van der Waals surface area contributed by atoms with Gasteiger partial charge in [0.25, 0.3) is 0 Å². The minimum atomic E-state index is -0.891. The van der Waals surface area contributed by atoms with Gasteiger partial charge < -0.3 is 24.1 Å². The van der Waals surface area contributed by atoms with Crippen molar-refractivity contribution < 1.29 is 23.9 Å². The molecule has 1 aromatic carbocycles. The Bertz CT molecular complexity index is 600. The van der Waals surface area contributed by atoms with Gasteiger partial charge >= 0.3 is 13.2 Å². The van der Waals surface area contributed by atoms with Gasteiger partial charge in [0.1, 0.15) is 11.9 Å². The second kappa shape index (κ2) is 5.97. The molecule has 3 rings (SSSR count). The van der Waals surface area contributed by atoms with Gasteiger partial charge in [-0.05, 0) is 45.3 Å². The van der Waals surface area contributed by atoms with E-state index >= 15 is 0 Å². The molecule has 0 radical (unpaired) electrons. The molecule has 7 heteroatoms. The number of nitrogens with zero attached hydrogens (tertiary/aromatic N) is 1. The van der Waals surface area contributed by atoms with E-state index < -0.39 is 13.2 Å². The van der Waals surface area contributed by atoms with Crippen molar-refractivity contribution in [3.63, 3.8) is 0 Å². The fourth-order valence-corrected chi connectivity index (χ4v) is 2.87. The molecule has 0 bridgehead atoms. The summed E-state index contributed by atoms with van der Waals surface area (Å²) in [5.74, 6) is 0.729. The molecule has 6 nitrogen and oxygen atoms in total. The highest BCUT2D eigenvalue weighted by Gasteiger charge is 2.51. The lowest BCUT2D eigenvalue weighted by atomic mass is 9.79. The normalized spacial score (nSPS) is 25.1. The summed E-state index contributed by atoms with van der Waals surface area (Å²) in [5.41, 5.74) is 0.216. The first-order valence-electron chi connectivity index (χ1n) is 8.28. The largest absolute Gasteiger partial charge is 0.494 e. The molecular weight excluding hydrogens is 309 g/mol. The Morgan fingerprint density at radius 1 is 1.21 bits per heavy atom. The molecule has 1 amide bonds. The summed E-state index contributed by atoms with van der Waals surface area (Å²) in [4.78, 5) is 12.3. The number of hydrogen-bond acceptors (Lipinski definition) is 4. The number of amides is 1. The molecule has 2 fully saturated rings. The fourth-order valence-electron chi connectivity index (χ4n) is 2.87. The highest BCUT2D eigenvalue weighted by Crippen LogP contribution is 2.36. The van der Waals surface area contributed by atoms with Crippen LogP contribution in [0.5, 0.6) is 5.75 Å². The van der Waals surface area contributed by atoms with Crippen LogP contribution in [0.1, 0.15) is 34.1 Å². The molecule has 2 aliphatic heterocycles. The van der Waals surface area contributed by atoms with Crippen molar-refractivity contribution in [1.82, 2.24) is 4.90 Å². The molecule has 1 aromatic rings. The van der Waals surface area contributed by atoms with E-state index in [1.807, 2.05) is 52.0 Å². The average Bonchev–Trinajstić information content (AvgIpc) is 3.03. The van der Waals surface area contributed by atoms with Gasteiger partial charge in [0.15, 0.2) is 0 Å². The van der Waals surface area contributed by atoms with E-state index in [0.717, 1.165) is 11.2 Å². The number of benzene rings is 1. The Morgan fingerprint density at radius 2 is 1.79 bits per heavy atom. The van der Waals surface area contributed by atoms with E-state index in [-0.39, 0.29) is 17.3 Å².